The lowest BCUT2D eigenvalue weighted by Crippen LogP contribution is -2.45. The number of carboxylic acids is 1. The van der Waals surface area contributed by atoms with Gasteiger partial charge in [-0.3, -0.25) is 9.59 Å². The molecule has 2 amide bonds. The Morgan fingerprint density at radius 2 is 1.88 bits per heavy atom. The zero-order chi connectivity index (χ0) is 24.7. The van der Waals surface area contributed by atoms with E-state index in [9.17, 15) is 19.5 Å². The van der Waals surface area contributed by atoms with Gasteiger partial charge in [-0.05, 0) is 49.4 Å². The summed E-state index contributed by atoms with van der Waals surface area (Å²) in [6.45, 7) is 1.18. The van der Waals surface area contributed by atoms with E-state index in [1.807, 2.05) is 0 Å². The highest BCUT2D eigenvalue weighted by atomic mass is 35.5. The zero-order valence-corrected chi connectivity index (χ0v) is 19.3. The summed E-state index contributed by atoms with van der Waals surface area (Å²) in [5.74, 6) is -1.15. The van der Waals surface area contributed by atoms with Crippen LogP contribution in [0.15, 0.2) is 64.1 Å². The third-order valence-corrected chi connectivity index (χ3v) is 5.08. The van der Waals surface area contributed by atoms with Crippen LogP contribution in [0.2, 0.25) is 10.0 Å². The smallest absolute Gasteiger partial charge is 0.337 e. The molecule has 0 unspecified atom stereocenters. The Morgan fingerprint density at radius 1 is 1.12 bits per heavy atom. The predicted octanol–water partition coefficient (Wildman–Crippen LogP) is 3.99. The highest BCUT2D eigenvalue weighted by Crippen LogP contribution is 2.26. The third kappa shape index (κ3) is 6.60. The number of benzene rings is 2. The van der Waals surface area contributed by atoms with Crippen molar-refractivity contribution in [2.75, 3.05) is 6.61 Å². The van der Waals surface area contributed by atoms with Crippen LogP contribution in [-0.4, -0.2) is 41.8 Å². The highest BCUT2D eigenvalue weighted by Gasteiger charge is 2.16. The van der Waals surface area contributed by atoms with Gasteiger partial charge in [0.1, 0.15) is 23.3 Å². The molecule has 0 fully saturated rings. The number of furan rings is 1. The summed E-state index contributed by atoms with van der Waals surface area (Å²) < 4.78 is 10.9. The molecule has 34 heavy (non-hydrogen) atoms. The van der Waals surface area contributed by atoms with E-state index in [-0.39, 0.29) is 17.2 Å². The van der Waals surface area contributed by atoms with Crippen LogP contribution in [0.3, 0.4) is 0 Å². The maximum Gasteiger partial charge on any atom is 0.337 e. The minimum Gasteiger partial charge on any atom is -0.482 e. The molecule has 0 aliphatic rings. The molecule has 176 valence electrons. The molecule has 0 bridgehead atoms. The van der Waals surface area contributed by atoms with Crippen molar-refractivity contribution in [3.05, 3.63) is 76.0 Å². The molecule has 0 aliphatic carbocycles. The van der Waals surface area contributed by atoms with Gasteiger partial charge in [-0.2, -0.15) is 5.10 Å². The number of carbonyl (C=O) groups excluding carboxylic acids is 2. The minimum atomic E-state index is -1.15. The number of halogens is 2. The fourth-order valence-electron chi connectivity index (χ4n) is 2.73. The molecule has 0 radical (unpaired) electrons. The molecule has 3 aromatic rings. The molecule has 11 heteroatoms. The van der Waals surface area contributed by atoms with Crippen molar-refractivity contribution in [1.29, 1.82) is 0 Å². The molecule has 1 atom stereocenters. The highest BCUT2D eigenvalue weighted by molar-refractivity contribution is 6.33. The number of carboxylic acid groups (broad SMARTS) is 1. The van der Waals surface area contributed by atoms with Gasteiger partial charge < -0.3 is 19.6 Å². The second-order valence-electron chi connectivity index (χ2n) is 6.94. The van der Waals surface area contributed by atoms with Crippen LogP contribution in [0.4, 0.5) is 0 Å². The van der Waals surface area contributed by atoms with Gasteiger partial charge in [0.15, 0.2) is 6.61 Å². The number of amides is 2. The molecule has 0 aliphatic heterocycles. The van der Waals surface area contributed by atoms with Gasteiger partial charge in [0.2, 0.25) is 0 Å². The lowest BCUT2D eigenvalue weighted by Gasteiger charge is -2.13. The number of hydrogen-bond donors (Lipinski definition) is 3. The maximum absolute atomic E-state index is 12.2. The van der Waals surface area contributed by atoms with Gasteiger partial charge in [0.25, 0.3) is 11.8 Å². The van der Waals surface area contributed by atoms with E-state index in [0.717, 1.165) is 0 Å². The molecule has 0 spiro atoms. The van der Waals surface area contributed by atoms with E-state index in [0.29, 0.717) is 27.9 Å². The Balaban J connectivity index is 1.50. The van der Waals surface area contributed by atoms with Crippen molar-refractivity contribution >= 4 is 47.2 Å². The van der Waals surface area contributed by atoms with E-state index in [1.54, 1.807) is 42.5 Å². The summed E-state index contributed by atoms with van der Waals surface area (Å²) in [6.07, 6.45) is 1.27. The van der Waals surface area contributed by atoms with Crippen molar-refractivity contribution < 1.29 is 28.6 Å². The van der Waals surface area contributed by atoms with E-state index in [1.165, 1.54) is 25.3 Å². The average molecular weight is 504 g/mol. The van der Waals surface area contributed by atoms with E-state index in [4.69, 9.17) is 32.4 Å². The Hall–Kier alpha value is -3.82. The first kappa shape index (κ1) is 24.8. The number of carbonyl (C=O) groups is 3. The number of para-hydroxylation sites is 1. The molecule has 2 aromatic carbocycles. The van der Waals surface area contributed by atoms with Gasteiger partial charge >= 0.3 is 5.97 Å². The average Bonchev–Trinajstić information content (AvgIpc) is 3.27. The summed E-state index contributed by atoms with van der Waals surface area (Å²) in [6, 6.07) is 13.5. The van der Waals surface area contributed by atoms with Crippen LogP contribution in [0, 0.1) is 0 Å². The number of aromatic carboxylic acids is 1. The van der Waals surface area contributed by atoms with Crippen LogP contribution in [0.1, 0.15) is 23.0 Å². The topological polar surface area (TPSA) is 130 Å². The quantitative estimate of drug-likeness (QED) is 0.299. The Bertz CT molecular complexity index is 1240. The summed E-state index contributed by atoms with van der Waals surface area (Å²) in [5.41, 5.74) is 2.76. The SMILES string of the molecule is C[C@H](NC(=O)COc1ccccc1Cl)C(=O)N/N=C\c1ccc(-c2ccc(Cl)c(C(=O)O)c2)o1. The van der Waals surface area contributed by atoms with E-state index >= 15 is 0 Å². The zero-order valence-electron chi connectivity index (χ0n) is 17.7. The molecule has 1 heterocycles. The molecular formula is C23H19Cl2N3O6. The number of nitrogens with zero attached hydrogens (tertiary/aromatic N) is 1. The molecule has 0 saturated carbocycles. The normalized spacial score (nSPS) is 11.7. The van der Waals surface area contributed by atoms with Crippen molar-refractivity contribution in [3.8, 4) is 17.1 Å². The first-order valence-electron chi connectivity index (χ1n) is 9.87. The van der Waals surface area contributed by atoms with Gasteiger partial charge in [-0.1, -0.05) is 35.3 Å². The number of hydrogen-bond acceptors (Lipinski definition) is 6. The van der Waals surface area contributed by atoms with Crippen LogP contribution >= 0.6 is 23.2 Å². The summed E-state index contributed by atoms with van der Waals surface area (Å²) >= 11 is 11.8. The van der Waals surface area contributed by atoms with Crippen LogP contribution < -0.4 is 15.5 Å². The van der Waals surface area contributed by atoms with Crippen LogP contribution in [-0.2, 0) is 9.59 Å². The monoisotopic (exact) mass is 503 g/mol. The summed E-state index contributed by atoms with van der Waals surface area (Å²) in [5, 5.41) is 16.0. The first-order valence-corrected chi connectivity index (χ1v) is 10.6. The van der Waals surface area contributed by atoms with Gasteiger partial charge in [-0.15, -0.1) is 0 Å². The van der Waals surface area contributed by atoms with Crippen LogP contribution in [0.25, 0.3) is 11.3 Å². The lowest BCUT2D eigenvalue weighted by atomic mass is 10.1. The lowest BCUT2D eigenvalue weighted by molar-refractivity contribution is -0.129. The predicted molar refractivity (Wildman–Crippen MR) is 126 cm³/mol. The van der Waals surface area contributed by atoms with E-state index in [2.05, 4.69) is 15.8 Å². The molecular weight excluding hydrogens is 485 g/mol. The molecule has 9 nitrogen and oxygen atoms in total. The van der Waals surface area contributed by atoms with Crippen LogP contribution in [0.5, 0.6) is 5.75 Å². The van der Waals surface area contributed by atoms with Gasteiger partial charge in [0.05, 0.1) is 21.8 Å². The second-order valence-corrected chi connectivity index (χ2v) is 7.76. The Kier molecular flexibility index (Phi) is 8.29. The van der Waals surface area contributed by atoms with Crippen molar-refractivity contribution in [2.45, 2.75) is 13.0 Å². The van der Waals surface area contributed by atoms with Crippen molar-refractivity contribution in [2.24, 2.45) is 5.10 Å². The number of ether oxygens (including phenoxy) is 1. The summed E-state index contributed by atoms with van der Waals surface area (Å²) in [4.78, 5) is 35.4. The fourth-order valence-corrected chi connectivity index (χ4v) is 3.12. The summed E-state index contributed by atoms with van der Waals surface area (Å²) in [7, 11) is 0. The third-order valence-electron chi connectivity index (χ3n) is 4.44. The van der Waals surface area contributed by atoms with Crippen molar-refractivity contribution in [1.82, 2.24) is 10.7 Å². The van der Waals surface area contributed by atoms with E-state index < -0.39 is 23.8 Å². The molecule has 1 aromatic heterocycles. The molecule has 0 saturated heterocycles. The Morgan fingerprint density at radius 3 is 2.62 bits per heavy atom. The first-order chi connectivity index (χ1) is 16.2. The van der Waals surface area contributed by atoms with Gasteiger partial charge in [-0.25, -0.2) is 10.2 Å². The fraction of sp³-hybridized carbons (Fsp3) is 0.130. The number of nitrogens with one attached hydrogen (secondary N) is 2. The standard InChI is InChI=1S/C23H19Cl2N3O6/c1-13(27-21(29)12-33-20-5-3-2-4-18(20)25)22(30)28-26-11-15-7-9-19(34-15)14-6-8-17(24)16(10-14)23(31)32/h2-11,13H,12H2,1H3,(H,27,29)(H,28,30)(H,31,32)/b26-11-/t13-/m0/s1. The maximum atomic E-state index is 12.2. The van der Waals surface area contributed by atoms with Crippen molar-refractivity contribution in [3.63, 3.8) is 0 Å². The largest absolute Gasteiger partial charge is 0.482 e. The minimum absolute atomic E-state index is 0.0497. The number of rotatable bonds is 9. The Labute approximate surface area is 204 Å². The molecule has 3 N–H and O–H groups in total. The van der Waals surface area contributed by atoms with Gasteiger partial charge in [0, 0.05) is 5.56 Å². The molecule has 3 rings (SSSR count). The number of hydrazone groups is 1. The second kappa shape index (κ2) is 11.4.